The zero-order valence-electron chi connectivity index (χ0n) is 10.1. The minimum absolute atomic E-state index is 0.0447. The molecule has 0 atom stereocenters. The molecule has 0 fully saturated rings. The van der Waals surface area contributed by atoms with Crippen LogP contribution in [-0.2, 0) is 0 Å². The van der Waals surface area contributed by atoms with E-state index in [4.69, 9.17) is 0 Å². The Kier molecular flexibility index (Phi) is 3.42. The van der Waals surface area contributed by atoms with Gasteiger partial charge in [0.2, 0.25) is 0 Å². The van der Waals surface area contributed by atoms with Crippen LogP contribution in [0.25, 0.3) is 10.2 Å². The highest BCUT2D eigenvalue weighted by Gasteiger charge is 2.14. The minimum atomic E-state index is -0.582. The quantitative estimate of drug-likeness (QED) is 0.703. The molecule has 3 rings (SSSR count). The van der Waals surface area contributed by atoms with E-state index in [1.807, 2.05) is 24.3 Å². The summed E-state index contributed by atoms with van der Waals surface area (Å²) in [6.45, 7) is 0. The van der Waals surface area contributed by atoms with Crippen molar-refractivity contribution in [2.75, 3.05) is 5.32 Å². The number of hydrogen-bond acceptors (Lipinski definition) is 4. The van der Waals surface area contributed by atoms with E-state index in [1.54, 1.807) is 0 Å². The van der Waals surface area contributed by atoms with Crippen molar-refractivity contribution in [3.05, 3.63) is 53.8 Å². The molecule has 1 heterocycles. The molecule has 1 amide bonds. The molecule has 0 saturated carbocycles. The first-order valence-electron chi connectivity index (χ1n) is 5.79. The lowest BCUT2D eigenvalue weighted by Crippen LogP contribution is -2.13. The lowest BCUT2D eigenvalue weighted by molar-refractivity contribution is 0.102. The number of aromatic nitrogens is 1. The molecule has 20 heavy (non-hydrogen) atoms. The standard InChI is InChI=1S/C14H9FN2OS2/c15-10-6-5-8(19)7-9(10)13(18)17-14-16-11-3-1-2-4-12(11)20-14/h1-7,19H,(H,16,17,18). The third-order valence-electron chi connectivity index (χ3n) is 2.71. The second-order valence-electron chi connectivity index (χ2n) is 4.11. The van der Waals surface area contributed by atoms with Crippen LogP contribution in [0.1, 0.15) is 10.4 Å². The van der Waals surface area contributed by atoms with Gasteiger partial charge in [-0.25, -0.2) is 9.37 Å². The molecule has 1 N–H and O–H groups in total. The predicted molar refractivity (Wildman–Crippen MR) is 81.2 cm³/mol. The van der Waals surface area contributed by atoms with E-state index in [-0.39, 0.29) is 5.56 Å². The Morgan fingerprint density at radius 1 is 1.25 bits per heavy atom. The van der Waals surface area contributed by atoms with Crippen molar-refractivity contribution in [3.63, 3.8) is 0 Å². The van der Waals surface area contributed by atoms with Crippen molar-refractivity contribution in [2.45, 2.75) is 4.90 Å². The van der Waals surface area contributed by atoms with Gasteiger partial charge in [0.25, 0.3) is 5.91 Å². The predicted octanol–water partition coefficient (Wildman–Crippen LogP) is 3.98. The fourth-order valence-electron chi connectivity index (χ4n) is 1.78. The maximum absolute atomic E-state index is 13.6. The van der Waals surface area contributed by atoms with Gasteiger partial charge in [0.15, 0.2) is 5.13 Å². The summed E-state index contributed by atoms with van der Waals surface area (Å²) >= 11 is 5.45. The first-order valence-corrected chi connectivity index (χ1v) is 7.05. The van der Waals surface area contributed by atoms with Crippen molar-refractivity contribution >= 4 is 45.2 Å². The number of carbonyl (C=O) groups is 1. The van der Waals surface area contributed by atoms with E-state index in [2.05, 4.69) is 22.9 Å². The Morgan fingerprint density at radius 2 is 2.05 bits per heavy atom. The van der Waals surface area contributed by atoms with Gasteiger partial charge in [0.05, 0.1) is 15.8 Å². The average molecular weight is 304 g/mol. The molecule has 0 bridgehead atoms. The van der Waals surface area contributed by atoms with Crippen LogP contribution in [0.4, 0.5) is 9.52 Å². The first-order chi connectivity index (χ1) is 9.63. The third kappa shape index (κ3) is 2.52. The Bertz CT molecular complexity index is 768. The Labute approximate surface area is 123 Å². The summed E-state index contributed by atoms with van der Waals surface area (Å²) < 4.78 is 14.6. The topological polar surface area (TPSA) is 42.0 Å². The molecular weight excluding hydrogens is 295 g/mol. The molecule has 0 aliphatic rings. The molecule has 0 spiro atoms. The van der Waals surface area contributed by atoms with Gasteiger partial charge < -0.3 is 0 Å². The molecule has 3 aromatic rings. The van der Waals surface area contributed by atoms with Gasteiger partial charge in [-0.2, -0.15) is 0 Å². The molecule has 0 aliphatic carbocycles. The number of para-hydroxylation sites is 1. The maximum atomic E-state index is 13.6. The lowest BCUT2D eigenvalue weighted by atomic mass is 10.2. The van der Waals surface area contributed by atoms with Crippen LogP contribution in [0.15, 0.2) is 47.4 Å². The molecule has 1 aromatic heterocycles. The van der Waals surface area contributed by atoms with Crippen molar-refractivity contribution in [1.29, 1.82) is 0 Å². The van der Waals surface area contributed by atoms with E-state index < -0.39 is 11.7 Å². The van der Waals surface area contributed by atoms with Crippen molar-refractivity contribution in [2.24, 2.45) is 0 Å². The summed E-state index contributed by atoms with van der Waals surface area (Å²) in [5, 5.41) is 3.05. The van der Waals surface area contributed by atoms with Gasteiger partial charge in [-0.1, -0.05) is 23.5 Å². The number of hydrogen-bond donors (Lipinski definition) is 2. The number of benzene rings is 2. The van der Waals surface area contributed by atoms with E-state index >= 15 is 0 Å². The second kappa shape index (κ2) is 5.22. The number of rotatable bonds is 2. The fourth-order valence-corrected chi connectivity index (χ4v) is 2.84. The SMILES string of the molecule is O=C(Nc1nc2ccccc2s1)c1cc(S)ccc1F. The normalized spacial score (nSPS) is 10.7. The molecule has 3 nitrogen and oxygen atoms in total. The zero-order valence-corrected chi connectivity index (χ0v) is 11.8. The Balaban J connectivity index is 1.90. The molecule has 6 heteroatoms. The van der Waals surface area contributed by atoms with Crippen molar-refractivity contribution in [3.8, 4) is 0 Å². The zero-order chi connectivity index (χ0) is 14.1. The molecule has 0 radical (unpaired) electrons. The number of anilines is 1. The van der Waals surface area contributed by atoms with Crippen LogP contribution in [0.2, 0.25) is 0 Å². The molecule has 0 unspecified atom stereocenters. The van der Waals surface area contributed by atoms with Crippen LogP contribution in [0.3, 0.4) is 0 Å². The van der Waals surface area contributed by atoms with E-state index in [9.17, 15) is 9.18 Å². The van der Waals surface area contributed by atoms with Crippen LogP contribution in [0, 0.1) is 5.82 Å². The van der Waals surface area contributed by atoms with Gasteiger partial charge in [-0.15, -0.1) is 12.6 Å². The number of nitrogens with one attached hydrogen (secondary N) is 1. The Morgan fingerprint density at radius 3 is 2.85 bits per heavy atom. The van der Waals surface area contributed by atoms with Crippen molar-refractivity contribution < 1.29 is 9.18 Å². The molecular formula is C14H9FN2OS2. The first kappa shape index (κ1) is 13.1. The molecule has 2 aromatic carbocycles. The summed E-state index contributed by atoms with van der Waals surface area (Å²) in [6, 6.07) is 11.6. The van der Waals surface area contributed by atoms with E-state index in [0.29, 0.717) is 10.0 Å². The lowest BCUT2D eigenvalue weighted by Gasteiger charge is -2.03. The molecule has 0 saturated heterocycles. The summed E-state index contributed by atoms with van der Waals surface area (Å²) in [5.74, 6) is -1.11. The highest BCUT2D eigenvalue weighted by atomic mass is 32.1. The van der Waals surface area contributed by atoms with Crippen LogP contribution >= 0.6 is 24.0 Å². The fraction of sp³-hybridized carbons (Fsp3) is 0. The van der Waals surface area contributed by atoms with E-state index in [0.717, 1.165) is 10.2 Å². The summed E-state index contributed by atoms with van der Waals surface area (Å²) in [6.07, 6.45) is 0. The second-order valence-corrected chi connectivity index (χ2v) is 5.65. The molecule has 100 valence electrons. The average Bonchev–Trinajstić information content (AvgIpc) is 2.83. The Hall–Kier alpha value is -1.92. The molecule has 0 aliphatic heterocycles. The van der Waals surface area contributed by atoms with Gasteiger partial charge in [0, 0.05) is 4.90 Å². The largest absolute Gasteiger partial charge is 0.298 e. The van der Waals surface area contributed by atoms with Gasteiger partial charge in [-0.3, -0.25) is 10.1 Å². The van der Waals surface area contributed by atoms with Gasteiger partial charge >= 0.3 is 0 Å². The summed E-state index contributed by atoms with van der Waals surface area (Å²) in [5.41, 5.74) is 0.757. The highest BCUT2D eigenvalue weighted by molar-refractivity contribution is 7.80. The number of thiazole rings is 1. The number of nitrogens with zero attached hydrogens (tertiary/aromatic N) is 1. The number of amides is 1. The van der Waals surface area contributed by atoms with Crippen LogP contribution in [0.5, 0.6) is 0 Å². The minimum Gasteiger partial charge on any atom is -0.298 e. The van der Waals surface area contributed by atoms with Crippen molar-refractivity contribution in [1.82, 2.24) is 4.98 Å². The monoisotopic (exact) mass is 304 g/mol. The summed E-state index contributed by atoms with van der Waals surface area (Å²) in [7, 11) is 0. The van der Waals surface area contributed by atoms with E-state index in [1.165, 1.54) is 29.5 Å². The van der Waals surface area contributed by atoms with Gasteiger partial charge in [0.1, 0.15) is 5.82 Å². The number of carbonyl (C=O) groups excluding carboxylic acids is 1. The van der Waals surface area contributed by atoms with Crippen LogP contribution in [-0.4, -0.2) is 10.9 Å². The summed E-state index contributed by atoms with van der Waals surface area (Å²) in [4.78, 5) is 16.8. The number of halogens is 1. The third-order valence-corrected chi connectivity index (χ3v) is 3.94. The number of thiol groups is 1. The highest BCUT2D eigenvalue weighted by Crippen LogP contribution is 2.26. The number of fused-ring (bicyclic) bond motifs is 1. The smallest absolute Gasteiger partial charge is 0.260 e. The maximum Gasteiger partial charge on any atom is 0.260 e. The van der Waals surface area contributed by atoms with Gasteiger partial charge in [-0.05, 0) is 30.3 Å². The van der Waals surface area contributed by atoms with Crippen LogP contribution < -0.4 is 5.32 Å².